The van der Waals surface area contributed by atoms with Crippen molar-refractivity contribution >= 4 is 0 Å². The van der Waals surface area contributed by atoms with E-state index in [4.69, 9.17) is 5.73 Å². The Kier molecular flexibility index (Phi) is 4.01. The molecule has 0 unspecified atom stereocenters. The third kappa shape index (κ3) is 3.02. The fourth-order valence-electron chi connectivity index (χ4n) is 2.08. The summed E-state index contributed by atoms with van der Waals surface area (Å²) in [6, 6.07) is 10.9. The number of nitrogens with zero attached hydrogens (tertiary/aromatic N) is 1. The first kappa shape index (κ1) is 13.8. The summed E-state index contributed by atoms with van der Waals surface area (Å²) in [5, 5.41) is 0. The lowest BCUT2D eigenvalue weighted by atomic mass is 9.82. The van der Waals surface area contributed by atoms with Gasteiger partial charge in [-0.25, -0.2) is 0 Å². The normalized spacial score (nSPS) is 11.6. The predicted octanol–water partition coefficient (Wildman–Crippen LogP) is 3.89. The summed E-state index contributed by atoms with van der Waals surface area (Å²) in [5.41, 5.74) is 10.7. The number of hydrogen-bond donors (Lipinski definition) is 1. The van der Waals surface area contributed by atoms with Gasteiger partial charge in [-0.15, -0.1) is 0 Å². The first-order chi connectivity index (χ1) is 9.06. The van der Waals surface area contributed by atoms with Gasteiger partial charge in [0.25, 0.3) is 0 Å². The summed E-state index contributed by atoms with van der Waals surface area (Å²) in [4.78, 5) is 4.24. The molecule has 2 aromatic rings. The zero-order valence-corrected chi connectivity index (χ0v) is 12.0. The molecule has 1 aromatic heterocycles. The van der Waals surface area contributed by atoms with E-state index in [0.29, 0.717) is 6.54 Å². The molecule has 100 valence electrons. The highest BCUT2D eigenvalue weighted by Gasteiger charge is 2.17. The number of hydrogen-bond acceptors (Lipinski definition) is 2. The number of rotatable bonds is 4. The highest BCUT2D eigenvalue weighted by molar-refractivity contribution is 5.63. The smallest absolute Gasteiger partial charge is 0.0346 e. The van der Waals surface area contributed by atoms with E-state index in [2.05, 4.69) is 56.1 Å². The molecule has 0 bridgehead atoms. The van der Waals surface area contributed by atoms with Crippen molar-refractivity contribution in [3.05, 3.63) is 53.9 Å². The van der Waals surface area contributed by atoms with Crippen molar-refractivity contribution < 1.29 is 0 Å². The Bertz CT molecular complexity index is 541. The lowest BCUT2D eigenvalue weighted by Gasteiger charge is -2.23. The second kappa shape index (κ2) is 5.54. The fourth-order valence-corrected chi connectivity index (χ4v) is 2.08. The van der Waals surface area contributed by atoms with Gasteiger partial charge >= 0.3 is 0 Å². The number of pyridine rings is 1. The number of nitrogens with two attached hydrogens (primary N) is 1. The van der Waals surface area contributed by atoms with Crippen LogP contribution in [-0.4, -0.2) is 4.98 Å². The molecule has 1 heterocycles. The van der Waals surface area contributed by atoms with Gasteiger partial charge < -0.3 is 5.73 Å². The third-order valence-corrected chi connectivity index (χ3v) is 3.91. The Hall–Kier alpha value is -1.67. The summed E-state index contributed by atoms with van der Waals surface area (Å²) < 4.78 is 0. The van der Waals surface area contributed by atoms with Crippen LogP contribution in [0.4, 0.5) is 0 Å². The summed E-state index contributed by atoms with van der Waals surface area (Å²) in [6.45, 7) is 7.31. The molecule has 19 heavy (non-hydrogen) atoms. The lowest BCUT2D eigenvalue weighted by Crippen LogP contribution is -2.14. The molecule has 0 amide bonds. The second-order valence-corrected chi connectivity index (χ2v) is 5.60. The molecule has 2 heteroatoms. The fraction of sp³-hybridized carbons (Fsp3) is 0.353. The Labute approximate surface area is 115 Å². The molecule has 0 fully saturated rings. The Morgan fingerprint density at radius 3 is 2.32 bits per heavy atom. The number of aromatic nitrogens is 1. The molecule has 0 aliphatic rings. The van der Waals surface area contributed by atoms with Gasteiger partial charge in [0.1, 0.15) is 0 Å². The van der Waals surface area contributed by atoms with Crippen molar-refractivity contribution in [2.24, 2.45) is 5.73 Å². The molecule has 2 N–H and O–H groups in total. The molecule has 0 saturated carbocycles. The highest BCUT2D eigenvalue weighted by atomic mass is 14.6. The van der Waals surface area contributed by atoms with Gasteiger partial charge in [0.15, 0.2) is 0 Å². The van der Waals surface area contributed by atoms with Crippen LogP contribution in [0, 0.1) is 0 Å². The van der Waals surface area contributed by atoms with Crippen molar-refractivity contribution in [1.82, 2.24) is 4.98 Å². The molecule has 0 saturated heterocycles. The summed E-state index contributed by atoms with van der Waals surface area (Å²) in [7, 11) is 0. The molecular weight excluding hydrogens is 232 g/mol. The first-order valence-electron chi connectivity index (χ1n) is 6.81. The maximum absolute atomic E-state index is 5.66. The van der Waals surface area contributed by atoms with Gasteiger partial charge in [0.2, 0.25) is 0 Å². The lowest BCUT2D eigenvalue weighted by molar-refractivity contribution is 0.506. The van der Waals surface area contributed by atoms with Gasteiger partial charge in [0.05, 0.1) is 0 Å². The van der Waals surface area contributed by atoms with Crippen LogP contribution in [0.25, 0.3) is 11.1 Å². The minimum Gasteiger partial charge on any atom is -0.326 e. The molecule has 2 rings (SSSR count). The molecular formula is C17H22N2. The van der Waals surface area contributed by atoms with Crippen molar-refractivity contribution in [3.63, 3.8) is 0 Å². The van der Waals surface area contributed by atoms with E-state index in [-0.39, 0.29) is 5.41 Å². The van der Waals surface area contributed by atoms with Gasteiger partial charge in [-0.1, -0.05) is 45.0 Å². The summed E-state index contributed by atoms with van der Waals surface area (Å²) >= 11 is 0. The van der Waals surface area contributed by atoms with E-state index >= 15 is 0 Å². The van der Waals surface area contributed by atoms with Crippen LogP contribution in [0.15, 0.2) is 42.7 Å². The van der Waals surface area contributed by atoms with Crippen molar-refractivity contribution in [2.45, 2.75) is 39.2 Å². The summed E-state index contributed by atoms with van der Waals surface area (Å²) in [6.07, 6.45) is 4.84. The van der Waals surface area contributed by atoms with Crippen LogP contribution in [-0.2, 0) is 12.0 Å². The van der Waals surface area contributed by atoms with E-state index in [1.165, 1.54) is 11.1 Å². The van der Waals surface area contributed by atoms with Crippen molar-refractivity contribution in [2.75, 3.05) is 0 Å². The monoisotopic (exact) mass is 254 g/mol. The summed E-state index contributed by atoms with van der Waals surface area (Å²) in [5.74, 6) is 0. The Balaban J connectivity index is 2.32. The van der Waals surface area contributed by atoms with Crippen LogP contribution in [0.5, 0.6) is 0 Å². The minimum absolute atomic E-state index is 0.232. The zero-order chi connectivity index (χ0) is 13.9. The molecule has 0 radical (unpaired) electrons. The van der Waals surface area contributed by atoms with E-state index in [0.717, 1.165) is 17.5 Å². The zero-order valence-electron chi connectivity index (χ0n) is 12.0. The number of benzene rings is 1. The predicted molar refractivity (Wildman–Crippen MR) is 80.9 cm³/mol. The maximum Gasteiger partial charge on any atom is 0.0346 e. The molecule has 0 aliphatic heterocycles. The van der Waals surface area contributed by atoms with Crippen LogP contribution in [0.1, 0.15) is 38.3 Å². The third-order valence-electron chi connectivity index (χ3n) is 3.91. The van der Waals surface area contributed by atoms with Crippen molar-refractivity contribution in [1.29, 1.82) is 0 Å². The average Bonchev–Trinajstić information content (AvgIpc) is 2.47. The Morgan fingerprint density at radius 1 is 1.05 bits per heavy atom. The van der Waals surface area contributed by atoms with Gasteiger partial charge in [-0.2, -0.15) is 0 Å². The molecule has 0 atom stereocenters. The first-order valence-corrected chi connectivity index (χ1v) is 6.81. The quantitative estimate of drug-likeness (QED) is 0.898. The highest BCUT2D eigenvalue weighted by Crippen LogP contribution is 2.29. The van der Waals surface area contributed by atoms with Crippen molar-refractivity contribution in [3.8, 4) is 11.1 Å². The van der Waals surface area contributed by atoms with Gasteiger partial charge in [-0.3, -0.25) is 4.98 Å². The second-order valence-electron chi connectivity index (χ2n) is 5.60. The van der Waals surface area contributed by atoms with Crippen LogP contribution < -0.4 is 5.73 Å². The van der Waals surface area contributed by atoms with E-state index in [1.54, 1.807) is 0 Å². The van der Waals surface area contributed by atoms with Gasteiger partial charge in [-0.05, 0) is 34.6 Å². The molecule has 2 nitrogen and oxygen atoms in total. The van der Waals surface area contributed by atoms with Gasteiger partial charge in [0, 0.05) is 24.5 Å². The molecule has 0 aliphatic carbocycles. The SMILES string of the molecule is CCC(C)(C)c1ccc(-c2cncc(CN)c2)cc1. The average molecular weight is 254 g/mol. The molecule has 1 aromatic carbocycles. The largest absolute Gasteiger partial charge is 0.326 e. The minimum atomic E-state index is 0.232. The van der Waals surface area contributed by atoms with Crippen LogP contribution in [0.2, 0.25) is 0 Å². The van der Waals surface area contributed by atoms with E-state index in [1.807, 2.05) is 12.4 Å². The van der Waals surface area contributed by atoms with E-state index < -0.39 is 0 Å². The van der Waals surface area contributed by atoms with E-state index in [9.17, 15) is 0 Å². The maximum atomic E-state index is 5.66. The topological polar surface area (TPSA) is 38.9 Å². The Morgan fingerprint density at radius 2 is 1.74 bits per heavy atom. The van der Waals surface area contributed by atoms with Crippen LogP contribution in [0.3, 0.4) is 0 Å². The molecule has 0 spiro atoms. The van der Waals surface area contributed by atoms with Crippen LogP contribution >= 0.6 is 0 Å². The standard InChI is InChI=1S/C17H22N2/c1-4-17(2,3)16-7-5-14(6-8-16)15-9-13(10-18)11-19-12-15/h5-9,11-12H,4,10,18H2,1-3H3.